The topological polar surface area (TPSA) is 12.5 Å². The van der Waals surface area contributed by atoms with E-state index in [0.29, 0.717) is 0 Å². The lowest BCUT2D eigenvalue weighted by Gasteiger charge is -2.27. The van der Waals surface area contributed by atoms with Crippen LogP contribution in [0.15, 0.2) is 0 Å². The summed E-state index contributed by atoms with van der Waals surface area (Å²) in [5, 5.41) is 0. The molecule has 0 unspecified atom stereocenters. The average Bonchev–Trinajstić information content (AvgIpc) is 2.30. The van der Waals surface area contributed by atoms with Gasteiger partial charge in [0.1, 0.15) is 0 Å². The van der Waals surface area contributed by atoms with Crippen LogP contribution in [0, 0.1) is 11.8 Å². The van der Waals surface area contributed by atoms with Crippen molar-refractivity contribution in [3.63, 3.8) is 0 Å². The van der Waals surface area contributed by atoms with E-state index in [-0.39, 0.29) is 0 Å². The van der Waals surface area contributed by atoms with Crippen LogP contribution in [0.3, 0.4) is 0 Å². The second kappa shape index (κ2) is 10.1. The Kier molecular flexibility index (Phi) is 10.0. The van der Waals surface area contributed by atoms with Crippen LogP contribution < -0.4 is 0 Å². The number of rotatable bonds is 5. The Morgan fingerprint density at radius 3 is 2.25 bits per heavy atom. The molecule has 0 aliphatic carbocycles. The number of ether oxygens (including phenoxy) is 1. The van der Waals surface area contributed by atoms with Gasteiger partial charge in [0.15, 0.2) is 0 Å². The Balaban J connectivity index is 0.00000106. The lowest BCUT2D eigenvalue weighted by molar-refractivity contribution is 0.0553. The summed E-state index contributed by atoms with van der Waals surface area (Å²) >= 11 is 0. The Labute approximate surface area is 102 Å². The average molecular weight is 229 g/mol. The van der Waals surface area contributed by atoms with Gasteiger partial charge in [0.25, 0.3) is 0 Å². The van der Waals surface area contributed by atoms with Crippen LogP contribution in [0.4, 0.5) is 0 Å². The van der Waals surface area contributed by atoms with Gasteiger partial charge in [0, 0.05) is 19.8 Å². The molecule has 1 heterocycles. The lowest BCUT2D eigenvalue weighted by Crippen LogP contribution is -2.30. The maximum absolute atomic E-state index is 5.36. The number of hydrogen-bond donors (Lipinski definition) is 0. The fourth-order valence-corrected chi connectivity index (χ4v) is 1.94. The molecule has 0 spiro atoms. The predicted octanol–water partition coefficient (Wildman–Crippen LogP) is 3.42. The fraction of sp³-hybridized carbons (Fsp3) is 1.00. The predicted molar refractivity (Wildman–Crippen MR) is 71.8 cm³/mol. The van der Waals surface area contributed by atoms with Crippen LogP contribution in [0.1, 0.15) is 47.0 Å². The highest BCUT2D eigenvalue weighted by Gasteiger charge is 2.15. The van der Waals surface area contributed by atoms with E-state index in [1.165, 1.54) is 32.4 Å². The van der Waals surface area contributed by atoms with Gasteiger partial charge in [-0.3, -0.25) is 0 Å². The highest BCUT2D eigenvalue weighted by atomic mass is 16.5. The van der Waals surface area contributed by atoms with E-state index in [1.54, 1.807) is 0 Å². The smallest absolute Gasteiger partial charge is 0.0469 e. The second-order valence-corrected chi connectivity index (χ2v) is 5.00. The molecule has 2 heteroatoms. The molecule has 1 saturated heterocycles. The van der Waals surface area contributed by atoms with Crippen molar-refractivity contribution in [2.75, 3.05) is 33.4 Å². The molecule has 0 saturated carbocycles. The van der Waals surface area contributed by atoms with E-state index < -0.39 is 0 Å². The van der Waals surface area contributed by atoms with Gasteiger partial charge in [0.05, 0.1) is 0 Å². The monoisotopic (exact) mass is 229 g/mol. The van der Waals surface area contributed by atoms with Gasteiger partial charge < -0.3 is 9.64 Å². The minimum Gasteiger partial charge on any atom is -0.381 e. The van der Waals surface area contributed by atoms with Gasteiger partial charge in [-0.25, -0.2) is 0 Å². The van der Waals surface area contributed by atoms with Crippen molar-refractivity contribution < 1.29 is 4.74 Å². The summed E-state index contributed by atoms with van der Waals surface area (Å²) < 4.78 is 5.36. The van der Waals surface area contributed by atoms with Crippen LogP contribution in [0.5, 0.6) is 0 Å². The Hall–Kier alpha value is -0.0800. The molecule has 98 valence electrons. The third-order valence-corrected chi connectivity index (χ3v) is 3.00. The molecule has 1 aliphatic rings. The van der Waals surface area contributed by atoms with Crippen LogP contribution in [0.25, 0.3) is 0 Å². The molecule has 0 N–H and O–H groups in total. The van der Waals surface area contributed by atoms with E-state index in [4.69, 9.17) is 4.74 Å². The maximum Gasteiger partial charge on any atom is 0.0469 e. The highest BCUT2D eigenvalue weighted by Crippen LogP contribution is 2.15. The standard InChI is InChI=1S/C12H25NO.C2H6/c1-11(2)4-7-13(3)10-12-5-8-14-9-6-12;1-2/h11-12H,4-10H2,1-3H3;1-2H3. The zero-order valence-corrected chi connectivity index (χ0v) is 12.0. The minimum atomic E-state index is 0.826. The first-order valence-electron chi connectivity index (χ1n) is 6.94. The molecule has 1 rings (SSSR count). The van der Waals surface area contributed by atoms with Gasteiger partial charge in [0.2, 0.25) is 0 Å². The van der Waals surface area contributed by atoms with Gasteiger partial charge in [-0.05, 0) is 44.7 Å². The van der Waals surface area contributed by atoms with Gasteiger partial charge >= 0.3 is 0 Å². The lowest BCUT2D eigenvalue weighted by atomic mass is 9.99. The highest BCUT2D eigenvalue weighted by molar-refractivity contribution is 4.67. The van der Waals surface area contributed by atoms with E-state index in [1.807, 2.05) is 13.8 Å². The minimum absolute atomic E-state index is 0.826. The van der Waals surface area contributed by atoms with Crippen LogP contribution in [0.2, 0.25) is 0 Å². The van der Waals surface area contributed by atoms with Crippen molar-refractivity contribution in [3.8, 4) is 0 Å². The van der Waals surface area contributed by atoms with Crippen molar-refractivity contribution in [3.05, 3.63) is 0 Å². The maximum atomic E-state index is 5.36. The molecule has 0 aromatic rings. The molecule has 0 atom stereocenters. The quantitative estimate of drug-likeness (QED) is 0.716. The first-order chi connectivity index (χ1) is 7.68. The van der Waals surface area contributed by atoms with Gasteiger partial charge in [-0.15, -0.1) is 0 Å². The van der Waals surface area contributed by atoms with E-state index in [2.05, 4.69) is 25.8 Å². The molecule has 0 bridgehead atoms. The first-order valence-corrected chi connectivity index (χ1v) is 6.94. The molecule has 1 fully saturated rings. The summed E-state index contributed by atoms with van der Waals surface area (Å²) in [6.45, 7) is 13.0. The summed E-state index contributed by atoms with van der Waals surface area (Å²) in [5.74, 6) is 1.70. The molecule has 0 amide bonds. The SMILES string of the molecule is CC.CC(C)CCN(C)CC1CCOCC1. The number of nitrogens with zero attached hydrogens (tertiary/aromatic N) is 1. The van der Waals surface area contributed by atoms with E-state index >= 15 is 0 Å². The molecule has 16 heavy (non-hydrogen) atoms. The molecule has 2 nitrogen and oxygen atoms in total. The third kappa shape index (κ3) is 8.12. The molecular formula is C14H31NO. The Bertz CT molecular complexity index is 142. The van der Waals surface area contributed by atoms with Crippen LogP contribution in [-0.4, -0.2) is 38.3 Å². The molecule has 0 radical (unpaired) electrons. The summed E-state index contributed by atoms with van der Waals surface area (Å²) in [5.41, 5.74) is 0. The zero-order chi connectivity index (χ0) is 12.4. The summed E-state index contributed by atoms with van der Waals surface area (Å²) in [4.78, 5) is 2.48. The van der Waals surface area contributed by atoms with Crippen LogP contribution >= 0.6 is 0 Å². The Morgan fingerprint density at radius 2 is 1.75 bits per heavy atom. The van der Waals surface area contributed by atoms with Crippen molar-refractivity contribution in [1.82, 2.24) is 4.90 Å². The number of hydrogen-bond acceptors (Lipinski definition) is 2. The van der Waals surface area contributed by atoms with Crippen molar-refractivity contribution in [2.24, 2.45) is 11.8 Å². The summed E-state index contributed by atoms with van der Waals surface area (Å²) in [6, 6.07) is 0. The molecule has 0 aromatic heterocycles. The van der Waals surface area contributed by atoms with Crippen molar-refractivity contribution in [2.45, 2.75) is 47.0 Å². The van der Waals surface area contributed by atoms with Crippen molar-refractivity contribution >= 4 is 0 Å². The van der Waals surface area contributed by atoms with E-state index in [0.717, 1.165) is 25.0 Å². The molecular weight excluding hydrogens is 198 g/mol. The fourth-order valence-electron chi connectivity index (χ4n) is 1.94. The molecule has 0 aromatic carbocycles. The Morgan fingerprint density at radius 1 is 1.19 bits per heavy atom. The van der Waals surface area contributed by atoms with E-state index in [9.17, 15) is 0 Å². The van der Waals surface area contributed by atoms with Crippen LogP contribution in [-0.2, 0) is 4.74 Å². The zero-order valence-electron chi connectivity index (χ0n) is 12.0. The first kappa shape index (κ1) is 15.9. The third-order valence-electron chi connectivity index (χ3n) is 3.00. The molecule has 1 aliphatic heterocycles. The second-order valence-electron chi connectivity index (χ2n) is 5.00. The van der Waals surface area contributed by atoms with Gasteiger partial charge in [-0.1, -0.05) is 27.7 Å². The van der Waals surface area contributed by atoms with Crippen molar-refractivity contribution in [1.29, 1.82) is 0 Å². The van der Waals surface area contributed by atoms with Gasteiger partial charge in [-0.2, -0.15) is 0 Å². The summed E-state index contributed by atoms with van der Waals surface area (Å²) in [6.07, 6.45) is 3.83. The largest absolute Gasteiger partial charge is 0.381 e. The summed E-state index contributed by atoms with van der Waals surface area (Å²) in [7, 11) is 2.25. The normalized spacial score (nSPS) is 17.4.